The van der Waals surface area contributed by atoms with Crippen molar-refractivity contribution in [1.29, 1.82) is 0 Å². The van der Waals surface area contributed by atoms with Gasteiger partial charge in [-0.15, -0.1) is 12.0 Å². The van der Waals surface area contributed by atoms with E-state index in [1.54, 1.807) is 7.11 Å². The average molecular weight is 469 g/mol. The lowest BCUT2D eigenvalue weighted by atomic mass is 9.97. The zero-order valence-corrected chi connectivity index (χ0v) is 21.4. The van der Waals surface area contributed by atoms with Gasteiger partial charge in [-0.3, -0.25) is 0 Å². The predicted octanol–water partition coefficient (Wildman–Crippen LogP) is 6.73. The van der Waals surface area contributed by atoms with Gasteiger partial charge < -0.3 is 14.2 Å². The molecule has 0 aromatic heterocycles. The van der Waals surface area contributed by atoms with Gasteiger partial charge in [-0.2, -0.15) is 0 Å². The average Bonchev–Trinajstić information content (AvgIpc) is 2.85. The number of terminal acetylenes is 1. The standard InChI is InChI=1S/C30H32O3Si/c1-6-27(32-22-24-14-9-7-10-15-24)30-26(18-13-19-29(30)31-2)28(20-21-34(3,4)5)33-23-25-16-11-8-12-17-25/h1,7-19,27-28H,22-23H2,2-5H3. The van der Waals surface area contributed by atoms with Crippen LogP contribution in [0.3, 0.4) is 0 Å². The molecular weight excluding hydrogens is 436 g/mol. The maximum absolute atomic E-state index is 6.38. The van der Waals surface area contributed by atoms with Gasteiger partial charge in [0.1, 0.15) is 26.0 Å². The molecule has 0 bridgehead atoms. The Labute approximate surface area is 205 Å². The minimum atomic E-state index is -1.64. The van der Waals surface area contributed by atoms with Crippen LogP contribution in [-0.4, -0.2) is 15.2 Å². The molecule has 4 heteroatoms. The summed E-state index contributed by atoms with van der Waals surface area (Å²) in [6.07, 6.45) is 4.90. The largest absolute Gasteiger partial charge is 0.496 e. The second-order valence-corrected chi connectivity index (χ2v) is 13.8. The molecule has 0 saturated carbocycles. The Bertz CT molecular complexity index is 1150. The first-order valence-electron chi connectivity index (χ1n) is 11.4. The highest BCUT2D eigenvalue weighted by molar-refractivity contribution is 6.83. The summed E-state index contributed by atoms with van der Waals surface area (Å²) in [4.78, 5) is 0. The van der Waals surface area contributed by atoms with Crippen molar-refractivity contribution in [3.05, 3.63) is 101 Å². The zero-order valence-electron chi connectivity index (χ0n) is 20.4. The van der Waals surface area contributed by atoms with Crippen molar-refractivity contribution in [3.8, 4) is 29.6 Å². The van der Waals surface area contributed by atoms with E-state index in [9.17, 15) is 0 Å². The first-order valence-corrected chi connectivity index (χ1v) is 14.9. The molecule has 3 aromatic rings. The Kier molecular flexibility index (Phi) is 9.13. The van der Waals surface area contributed by atoms with E-state index >= 15 is 0 Å². The van der Waals surface area contributed by atoms with Crippen LogP contribution in [0.1, 0.15) is 34.5 Å². The Hall–Kier alpha value is -3.28. The van der Waals surface area contributed by atoms with E-state index in [2.05, 4.69) is 37.0 Å². The number of hydrogen-bond donors (Lipinski definition) is 0. The molecule has 0 amide bonds. The van der Waals surface area contributed by atoms with Gasteiger partial charge in [0.25, 0.3) is 0 Å². The third kappa shape index (κ3) is 7.37. The number of ether oxygens (including phenoxy) is 3. The van der Waals surface area contributed by atoms with Crippen LogP contribution >= 0.6 is 0 Å². The van der Waals surface area contributed by atoms with E-state index in [0.717, 1.165) is 22.3 Å². The van der Waals surface area contributed by atoms with Crippen LogP contribution in [0.2, 0.25) is 19.6 Å². The van der Waals surface area contributed by atoms with Gasteiger partial charge >= 0.3 is 0 Å². The molecule has 0 aliphatic rings. The molecule has 0 spiro atoms. The van der Waals surface area contributed by atoms with E-state index in [1.807, 2.05) is 78.9 Å². The first kappa shape index (κ1) is 25.3. The molecule has 0 N–H and O–H groups in total. The van der Waals surface area contributed by atoms with Crippen molar-refractivity contribution in [2.75, 3.05) is 7.11 Å². The quantitative estimate of drug-likeness (QED) is 0.258. The third-order valence-corrected chi connectivity index (χ3v) is 6.01. The van der Waals surface area contributed by atoms with Crippen molar-refractivity contribution in [3.63, 3.8) is 0 Å². The van der Waals surface area contributed by atoms with Gasteiger partial charge in [0, 0.05) is 11.1 Å². The van der Waals surface area contributed by atoms with Gasteiger partial charge in [-0.1, -0.05) is 104 Å². The van der Waals surface area contributed by atoms with Crippen molar-refractivity contribution in [1.82, 2.24) is 0 Å². The van der Waals surface area contributed by atoms with Gasteiger partial charge in [0.2, 0.25) is 0 Å². The molecule has 3 nitrogen and oxygen atoms in total. The third-order valence-electron chi connectivity index (χ3n) is 5.11. The highest BCUT2D eigenvalue weighted by atomic mass is 28.3. The summed E-state index contributed by atoms with van der Waals surface area (Å²) in [7, 11) is 0.000656. The van der Waals surface area contributed by atoms with Gasteiger partial charge in [0.15, 0.2) is 0 Å². The smallest absolute Gasteiger partial charge is 0.147 e. The van der Waals surface area contributed by atoms with Gasteiger partial charge in [0.05, 0.1) is 20.3 Å². The Balaban J connectivity index is 1.98. The molecule has 0 saturated heterocycles. The second kappa shape index (κ2) is 12.3. The van der Waals surface area contributed by atoms with Crippen LogP contribution in [0, 0.1) is 23.8 Å². The lowest BCUT2D eigenvalue weighted by Crippen LogP contribution is -2.18. The lowest BCUT2D eigenvalue weighted by Gasteiger charge is -2.23. The molecule has 0 fully saturated rings. The van der Waals surface area contributed by atoms with Crippen LogP contribution in [0.4, 0.5) is 0 Å². The maximum atomic E-state index is 6.38. The van der Waals surface area contributed by atoms with E-state index in [-0.39, 0.29) is 0 Å². The summed E-state index contributed by atoms with van der Waals surface area (Å²) in [5, 5.41) is 0. The van der Waals surface area contributed by atoms with Crippen LogP contribution in [0.5, 0.6) is 5.75 Å². The molecule has 3 rings (SSSR count). The van der Waals surface area contributed by atoms with Crippen LogP contribution < -0.4 is 4.74 Å². The Morgan fingerprint density at radius 2 is 1.32 bits per heavy atom. The van der Waals surface area contributed by atoms with Crippen molar-refractivity contribution in [2.24, 2.45) is 0 Å². The molecule has 0 aliphatic heterocycles. The normalized spacial score (nSPS) is 12.7. The molecule has 174 valence electrons. The zero-order chi connectivity index (χ0) is 24.4. The fraction of sp³-hybridized carbons (Fsp3) is 0.267. The van der Waals surface area contributed by atoms with E-state index in [0.29, 0.717) is 19.0 Å². The summed E-state index contributed by atoms with van der Waals surface area (Å²) in [5.41, 5.74) is 7.26. The molecule has 0 radical (unpaired) electrons. The van der Waals surface area contributed by atoms with Gasteiger partial charge in [-0.05, 0) is 17.2 Å². The first-order chi connectivity index (χ1) is 16.4. The summed E-state index contributed by atoms with van der Waals surface area (Å²) >= 11 is 0. The van der Waals surface area contributed by atoms with Crippen molar-refractivity contribution < 1.29 is 14.2 Å². The molecular formula is C30H32O3Si. The molecule has 3 aromatic carbocycles. The lowest BCUT2D eigenvalue weighted by molar-refractivity contribution is 0.0620. The molecule has 34 heavy (non-hydrogen) atoms. The minimum Gasteiger partial charge on any atom is -0.496 e. The molecule has 2 atom stereocenters. The van der Waals surface area contributed by atoms with Crippen LogP contribution in [0.25, 0.3) is 0 Å². The second-order valence-electron chi connectivity index (χ2n) is 9.00. The van der Waals surface area contributed by atoms with Crippen LogP contribution in [0.15, 0.2) is 78.9 Å². The molecule has 2 unspecified atom stereocenters. The summed E-state index contributed by atoms with van der Waals surface area (Å²) in [6, 6.07) is 25.9. The SMILES string of the molecule is C#CC(OCc1ccccc1)c1c(OC)cccc1C(C#C[Si](C)(C)C)OCc1ccccc1. The molecule has 0 heterocycles. The highest BCUT2D eigenvalue weighted by Gasteiger charge is 2.24. The number of methoxy groups -OCH3 is 1. The molecule has 0 aliphatic carbocycles. The number of hydrogen-bond acceptors (Lipinski definition) is 3. The minimum absolute atomic E-state index is 0.392. The van der Waals surface area contributed by atoms with Crippen molar-refractivity contribution >= 4 is 8.07 Å². The van der Waals surface area contributed by atoms with E-state index in [4.69, 9.17) is 20.6 Å². The fourth-order valence-corrected chi connectivity index (χ4v) is 4.03. The van der Waals surface area contributed by atoms with Crippen LogP contribution in [-0.2, 0) is 22.7 Å². The summed E-state index contributed by atoms with van der Waals surface area (Å²) in [5.74, 6) is 6.87. The highest BCUT2D eigenvalue weighted by Crippen LogP contribution is 2.36. The van der Waals surface area contributed by atoms with Gasteiger partial charge in [-0.25, -0.2) is 0 Å². The topological polar surface area (TPSA) is 27.7 Å². The summed E-state index contributed by atoms with van der Waals surface area (Å²) in [6.45, 7) is 7.48. The predicted molar refractivity (Wildman–Crippen MR) is 141 cm³/mol. The fourth-order valence-electron chi connectivity index (χ4n) is 3.46. The monoisotopic (exact) mass is 468 g/mol. The Morgan fingerprint density at radius 1 is 0.765 bits per heavy atom. The number of rotatable bonds is 9. The van der Waals surface area contributed by atoms with Crippen molar-refractivity contribution in [2.45, 2.75) is 45.1 Å². The maximum Gasteiger partial charge on any atom is 0.147 e. The summed E-state index contributed by atoms with van der Waals surface area (Å²) < 4.78 is 18.3. The van der Waals surface area contributed by atoms with E-state index < -0.39 is 20.3 Å². The van der Waals surface area contributed by atoms with E-state index in [1.165, 1.54) is 0 Å². The Morgan fingerprint density at radius 3 is 1.82 bits per heavy atom. The number of benzene rings is 3.